The van der Waals surface area contributed by atoms with Crippen LogP contribution >= 0.6 is 24.0 Å². The zero-order chi connectivity index (χ0) is 13.5. The molecule has 0 radical (unpaired) electrons. The molecule has 3 heterocycles. The summed E-state index contributed by atoms with van der Waals surface area (Å²) >= 11 is 0. The second-order valence-electron chi connectivity index (χ2n) is 7.01. The van der Waals surface area contributed by atoms with Crippen LogP contribution in [0.1, 0.15) is 39.0 Å². The van der Waals surface area contributed by atoms with Crippen molar-refractivity contribution in [2.75, 3.05) is 26.2 Å². The molecule has 0 aromatic rings. The number of aliphatic imine (C=N–C) groups is 1. The smallest absolute Gasteiger partial charge is 0.193 e. The lowest BCUT2D eigenvalue weighted by molar-refractivity contribution is 0.0767. The van der Waals surface area contributed by atoms with Crippen LogP contribution in [-0.2, 0) is 4.74 Å². The molecule has 4 aliphatic rings. The van der Waals surface area contributed by atoms with Crippen molar-refractivity contribution >= 4 is 29.9 Å². The standard InChI is InChI=1S/C16H27N3O.HI/c1-2-17-16(18-8-11-4-3-5-11)19-9-12-13(10-19)15-7-6-14(12)20-15;/h11-15H,2-10H2,1H3,(H,17,18);1H. The minimum absolute atomic E-state index is 0. The van der Waals surface area contributed by atoms with E-state index in [-0.39, 0.29) is 24.0 Å². The molecule has 1 N–H and O–H groups in total. The third-order valence-electron chi connectivity index (χ3n) is 5.81. The van der Waals surface area contributed by atoms with E-state index in [9.17, 15) is 0 Å². The van der Waals surface area contributed by atoms with Crippen molar-refractivity contribution in [3.05, 3.63) is 0 Å². The number of nitrogens with one attached hydrogen (secondary N) is 1. The molecular weight excluding hydrogens is 377 g/mol. The summed E-state index contributed by atoms with van der Waals surface area (Å²) in [5.74, 6) is 3.54. The molecule has 0 amide bonds. The first-order valence-electron chi connectivity index (χ1n) is 8.54. The minimum atomic E-state index is 0. The number of rotatable bonds is 3. The summed E-state index contributed by atoms with van der Waals surface area (Å²) in [6, 6.07) is 0. The van der Waals surface area contributed by atoms with Crippen LogP contribution < -0.4 is 5.32 Å². The van der Waals surface area contributed by atoms with Gasteiger partial charge in [-0.3, -0.25) is 4.99 Å². The molecule has 120 valence electrons. The number of hydrogen-bond donors (Lipinski definition) is 1. The van der Waals surface area contributed by atoms with Gasteiger partial charge in [-0.15, -0.1) is 24.0 Å². The van der Waals surface area contributed by atoms with Gasteiger partial charge in [0.1, 0.15) is 0 Å². The van der Waals surface area contributed by atoms with Crippen LogP contribution in [-0.4, -0.2) is 49.2 Å². The third-order valence-corrected chi connectivity index (χ3v) is 5.81. The summed E-state index contributed by atoms with van der Waals surface area (Å²) < 4.78 is 6.07. The zero-order valence-electron chi connectivity index (χ0n) is 13.0. The molecule has 4 nitrogen and oxygen atoms in total. The van der Waals surface area contributed by atoms with Crippen LogP contribution in [0.5, 0.6) is 0 Å². The monoisotopic (exact) mass is 405 g/mol. The van der Waals surface area contributed by atoms with E-state index in [1.165, 1.54) is 32.1 Å². The quantitative estimate of drug-likeness (QED) is 0.446. The summed E-state index contributed by atoms with van der Waals surface area (Å²) in [5.41, 5.74) is 0. The molecule has 2 bridgehead atoms. The van der Waals surface area contributed by atoms with Crippen molar-refractivity contribution in [3.63, 3.8) is 0 Å². The lowest BCUT2D eigenvalue weighted by Crippen LogP contribution is -2.41. The number of nitrogens with zero attached hydrogens (tertiary/aromatic N) is 2. The van der Waals surface area contributed by atoms with Crippen LogP contribution in [0.3, 0.4) is 0 Å². The molecule has 5 heteroatoms. The van der Waals surface area contributed by atoms with E-state index in [0.29, 0.717) is 12.2 Å². The van der Waals surface area contributed by atoms with Gasteiger partial charge in [0.05, 0.1) is 12.2 Å². The van der Waals surface area contributed by atoms with Gasteiger partial charge in [0.2, 0.25) is 0 Å². The van der Waals surface area contributed by atoms with Gasteiger partial charge in [0.25, 0.3) is 0 Å². The fourth-order valence-electron chi connectivity index (χ4n) is 4.45. The molecule has 4 atom stereocenters. The summed E-state index contributed by atoms with van der Waals surface area (Å²) in [6.07, 6.45) is 7.84. The third kappa shape index (κ3) is 2.92. The van der Waals surface area contributed by atoms with E-state index < -0.39 is 0 Å². The lowest BCUT2D eigenvalue weighted by Gasteiger charge is -2.26. The van der Waals surface area contributed by atoms with E-state index in [2.05, 4.69) is 17.1 Å². The van der Waals surface area contributed by atoms with Gasteiger partial charge in [0, 0.05) is 38.0 Å². The molecule has 3 saturated heterocycles. The molecule has 1 saturated carbocycles. The number of guanidine groups is 1. The van der Waals surface area contributed by atoms with Crippen molar-refractivity contribution in [2.45, 2.75) is 51.2 Å². The summed E-state index contributed by atoms with van der Waals surface area (Å²) in [5, 5.41) is 3.50. The van der Waals surface area contributed by atoms with Gasteiger partial charge < -0.3 is 15.0 Å². The highest BCUT2D eigenvalue weighted by atomic mass is 127. The van der Waals surface area contributed by atoms with Crippen molar-refractivity contribution in [1.82, 2.24) is 10.2 Å². The Morgan fingerprint density at radius 1 is 1.14 bits per heavy atom. The predicted octanol–water partition coefficient (Wildman–Crippen LogP) is 2.48. The van der Waals surface area contributed by atoms with Crippen LogP contribution in [0.25, 0.3) is 0 Å². The molecule has 21 heavy (non-hydrogen) atoms. The Kier molecular flexibility index (Phi) is 4.98. The highest BCUT2D eigenvalue weighted by Gasteiger charge is 2.53. The molecule has 4 unspecified atom stereocenters. The average Bonchev–Trinajstić information content (AvgIpc) is 3.07. The van der Waals surface area contributed by atoms with Crippen molar-refractivity contribution in [3.8, 4) is 0 Å². The maximum atomic E-state index is 6.07. The Balaban J connectivity index is 0.00000132. The van der Waals surface area contributed by atoms with Crippen molar-refractivity contribution in [1.29, 1.82) is 0 Å². The molecule has 0 spiro atoms. The minimum Gasteiger partial charge on any atom is -0.374 e. The Morgan fingerprint density at radius 3 is 2.33 bits per heavy atom. The number of likely N-dealkylation sites (tertiary alicyclic amines) is 1. The van der Waals surface area contributed by atoms with Crippen molar-refractivity contribution < 1.29 is 4.74 Å². The van der Waals surface area contributed by atoms with Crippen molar-refractivity contribution in [2.24, 2.45) is 22.7 Å². The normalized spacial score (nSPS) is 38.1. The van der Waals surface area contributed by atoms with Crippen LogP contribution in [0.4, 0.5) is 0 Å². The average molecular weight is 405 g/mol. The second kappa shape index (κ2) is 6.60. The maximum absolute atomic E-state index is 6.07. The van der Waals surface area contributed by atoms with Gasteiger partial charge in [-0.2, -0.15) is 0 Å². The molecule has 0 aromatic heterocycles. The fraction of sp³-hybridized carbons (Fsp3) is 0.938. The van der Waals surface area contributed by atoms with E-state index in [4.69, 9.17) is 9.73 Å². The largest absolute Gasteiger partial charge is 0.374 e. The van der Waals surface area contributed by atoms with Gasteiger partial charge in [-0.1, -0.05) is 6.42 Å². The van der Waals surface area contributed by atoms with Gasteiger partial charge >= 0.3 is 0 Å². The highest BCUT2D eigenvalue weighted by Crippen LogP contribution is 2.47. The molecule has 0 aromatic carbocycles. The molecule has 4 fully saturated rings. The first-order chi connectivity index (χ1) is 9.85. The Hall–Kier alpha value is -0.0400. The van der Waals surface area contributed by atoms with Crippen LogP contribution in [0.2, 0.25) is 0 Å². The SMILES string of the molecule is CCNC(=NCC1CCC1)N1CC2C3CCC(O3)C2C1.I. The van der Waals surface area contributed by atoms with E-state index in [1.54, 1.807) is 0 Å². The van der Waals surface area contributed by atoms with Gasteiger partial charge in [0.15, 0.2) is 5.96 Å². The van der Waals surface area contributed by atoms with Gasteiger partial charge in [-0.25, -0.2) is 0 Å². The fourth-order valence-corrected chi connectivity index (χ4v) is 4.45. The van der Waals surface area contributed by atoms with E-state index in [0.717, 1.165) is 49.9 Å². The first-order valence-corrected chi connectivity index (χ1v) is 8.54. The summed E-state index contributed by atoms with van der Waals surface area (Å²) in [4.78, 5) is 7.41. The predicted molar refractivity (Wildman–Crippen MR) is 95.2 cm³/mol. The second-order valence-corrected chi connectivity index (χ2v) is 7.01. The topological polar surface area (TPSA) is 36.9 Å². The maximum Gasteiger partial charge on any atom is 0.193 e. The first kappa shape index (κ1) is 15.8. The molecule has 4 rings (SSSR count). The number of fused-ring (bicyclic) bond motifs is 5. The lowest BCUT2D eigenvalue weighted by atomic mass is 9.82. The zero-order valence-corrected chi connectivity index (χ0v) is 15.3. The number of ether oxygens (including phenoxy) is 1. The molecule has 3 aliphatic heterocycles. The summed E-state index contributed by atoms with van der Waals surface area (Å²) in [6.45, 7) is 6.48. The van der Waals surface area contributed by atoms with Gasteiger partial charge in [-0.05, 0) is 38.5 Å². The highest BCUT2D eigenvalue weighted by molar-refractivity contribution is 14.0. The number of hydrogen-bond acceptors (Lipinski definition) is 2. The van der Waals surface area contributed by atoms with Crippen LogP contribution in [0, 0.1) is 17.8 Å². The Morgan fingerprint density at radius 2 is 1.81 bits per heavy atom. The molecule has 1 aliphatic carbocycles. The van der Waals surface area contributed by atoms with Crippen LogP contribution in [0.15, 0.2) is 4.99 Å². The summed E-state index contributed by atoms with van der Waals surface area (Å²) in [7, 11) is 0. The number of halogens is 1. The Bertz CT molecular complexity index is 381. The molecular formula is C16H28IN3O. The van der Waals surface area contributed by atoms with E-state index in [1.807, 2.05) is 0 Å². The Labute approximate surface area is 145 Å². The van der Waals surface area contributed by atoms with E-state index >= 15 is 0 Å².